The maximum absolute atomic E-state index is 14.0. The van der Waals surface area contributed by atoms with Gasteiger partial charge in [-0.2, -0.15) is 0 Å². The fraction of sp³-hybridized carbons (Fsp3) is 0.448. The Kier molecular flexibility index (Phi) is 7.78. The molecule has 3 unspecified atom stereocenters. The van der Waals surface area contributed by atoms with E-state index >= 15 is 0 Å². The molecule has 0 aliphatic carbocycles. The summed E-state index contributed by atoms with van der Waals surface area (Å²) in [6.07, 6.45) is 1.37. The number of nitrogens with one attached hydrogen (secondary N) is 1. The molecule has 0 saturated carbocycles. The van der Waals surface area contributed by atoms with Crippen LogP contribution in [0.3, 0.4) is 0 Å². The van der Waals surface area contributed by atoms with Crippen molar-refractivity contribution in [1.29, 1.82) is 0 Å². The van der Waals surface area contributed by atoms with E-state index in [1.165, 1.54) is 4.90 Å². The van der Waals surface area contributed by atoms with Crippen molar-refractivity contribution >= 4 is 23.6 Å². The number of hydroxylamine groups is 1. The van der Waals surface area contributed by atoms with E-state index in [0.717, 1.165) is 5.56 Å². The van der Waals surface area contributed by atoms with Gasteiger partial charge in [0.2, 0.25) is 11.8 Å². The number of rotatable bonds is 10. The monoisotopic (exact) mass is 505 g/mol. The number of hydrogen-bond acceptors (Lipinski definition) is 5. The van der Waals surface area contributed by atoms with Crippen LogP contribution in [0.1, 0.15) is 66.3 Å². The van der Waals surface area contributed by atoms with Crippen LogP contribution in [0.2, 0.25) is 0 Å². The van der Waals surface area contributed by atoms with E-state index in [9.17, 15) is 24.4 Å². The standard InChI is InChI=1S/C29H35N3O5/c1-19(2)16-29(17-25(33)30-37)22(18-31(28(29)36)14-13-21-9-5-4-6-10-21)15-20(3)32-26(34)23-11-7-8-12-24(23)27(32)35/h4-12,19-20,22,37H,13-18H2,1-3H3,(H,30,33). The normalized spacial score (nSPS) is 22.1. The number of imide groups is 1. The lowest BCUT2D eigenvalue weighted by Gasteiger charge is -2.36. The van der Waals surface area contributed by atoms with Crippen LogP contribution in [-0.4, -0.2) is 57.8 Å². The molecule has 0 aromatic heterocycles. The Morgan fingerprint density at radius 1 is 1.00 bits per heavy atom. The summed E-state index contributed by atoms with van der Waals surface area (Å²) < 4.78 is 0. The SMILES string of the molecule is CC(C)CC1(CC(=O)NO)C(=O)N(CCc2ccccc2)CC1CC(C)N1C(=O)c2ccccc2C1=O. The Bertz CT molecular complexity index is 1150. The van der Waals surface area contributed by atoms with Gasteiger partial charge in [0, 0.05) is 25.6 Å². The summed E-state index contributed by atoms with van der Waals surface area (Å²) in [6, 6.07) is 16.2. The molecule has 0 bridgehead atoms. The highest BCUT2D eigenvalue weighted by atomic mass is 16.5. The van der Waals surface area contributed by atoms with E-state index < -0.39 is 17.4 Å². The zero-order valence-electron chi connectivity index (χ0n) is 21.6. The first kappa shape index (κ1) is 26.5. The highest BCUT2D eigenvalue weighted by Crippen LogP contribution is 2.48. The Morgan fingerprint density at radius 3 is 2.16 bits per heavy atom. The van der Waals surface area contributed by atoms with E-state index in [0.29, 0.717) is 43.5 Å². The summed E-state index contributed by atoms with van der Waals surface area (Å²) in [6.45, 7) is 6.75. The fourth-order valence-electron chi connectivity index (χ4n) is 6.14. The number of likely N-dealkylation sites (tertiary alicyclic amines) is 1. The molecule has 2 heterocycles. The number of carbonyl (C=O) groups is 4. The highest BCUT2D eigenvalue weighted by molar-refractivity contribution is 6.21. The first-order chi connectivity index (χ1) is 17.7. The van der Waals surface area contributed by atoms with Crippen LogP contribution < -0.4 is 5.48 Å². The lowest BCUT2D eigenvalue weighted by molar-refractivity contribution is -0.144. The largest absolute Gasteiger partial charge is 0.342 e. The van der Waals surface area contributed by atoms with Crippen molar-refractivity contribution in [3.63, 3.8) is 0 Å². The third-order valence-electron chi connectivity index (χ3n) is 7.71. The maximum atomic E-state index is 14.0. The number of amides is 4. The Morgan fingerprint density at radius 2 is 1.59 bits per heavy atom. The summed E-state index contributed by atoms with van der Waals surface area (Å²) in [5.41, 5.74) is 2.56. The molecule has 196 valence electrons. The smallest absolute Gasteiger partial charge is 0.261 e. The quantitative estimate of drug-likeness (QED) is 0.291. The Balaban J connectivity index is 1.61. The van der Waals surface area contributed by atoms with Crippen LogP contribution in [0.4, 0.5) is 0 Å². The molecule has 2 aliphatic heterocycles. The van der Waals surface area contributed by atoms with Gasteiger partial charge >= 0.3 is 0 Å². The van der Waals surface area contributed by atoms with E-state index in [-0.39, 0.29) is 36.0 Å². The molecule has 2 aromatic rings. The van der Waals surface area contributed by atoms with Crippen molar-refractivity contribution in [3.8, 4) is 0 Å². The second-order valence-corrected chi connectivity index (χ2v) is 10.8. The number of carbonyl (C=O) groups excluding carboxylic acids is 4. The summed E-state index contributed by atoms with van der Waals surface area (Å²) in [4.78, 5) is 55.7. The molecule has 3 atom stereocenters. The number of benzene rings is 2. The summed E-state index contributed by atoms with van der Waals surface area (Å²) in [7, 11) is 0. The zero-order chi connectivity index (χ0) is 26.7. The van der Waals surface area contributed by atoms with Gasteiger partial charge in [0.1, 0.15) is 0 Å². The van der Waals surface area contributed by atoms with Crippen molar-refractivity contribution in [1.82, 2.24) is 15.3 Å². The molecule has 0 spiro atoms. The topological polar surface area (TPSA) is 107 Å². The van der Waals surface area contributed by atoms with Crippen LogP contribution in [0.15, 0.2) is 54.6 Å². The molecule has 1 fully saturated rings. The predicted octanol–water partition coefficient (Wildman–Crippen LogP) is 3.69. The van der Waals surface area contributed by atoms with Crippen molar-refractivity contribution in [3.05, 3.63) is 71.3 Å². The molecule has 1 saturated heterocycles. The van der Waals surface area contributed by atoms with Crippen molar-refractivity contribution in [2.75, 3.05) is 13.1 Å². The fourth-order valence-corrected chi connectivity index (χ4v) is 6.14. The van der Waals surface area contributed by atoms with Gasteiger partial charge in [0.25, 0.3) is 11.8 Å². The molecular weight excluding hydrogens is 470 g/mol. The molecule has 4 amide bonds. The van der Waals surface area contributed by atoms with Gasteiger partial charge in [0.15, 0.2) is 0 Å². The van der Waals surface area contributed by atoms with Crippen molar-refractivity contribution in [2.24, 2.45) is 17.3 Å². The van der Waals surface area contributed by atoms with Gasteiger partial charge in [-0.1, -0.05) is 56.3 Å². The van der Waals surface area contributed by atoms with Crippen LogP contribution in [0.5, 0.6) is 0 Å². The van der Waals surface area contributed by atoms with Crippen LogP contribution in [0.25, 0.3) is 0 Å². The third kappa shape index (κ3) is 5.16. The summed E-state index contributed by atoms with van der Waals surface area (Å²) >= 11 is 0. The molecule has 4 rings (SSSR count). The van der Waals surface area contributed by atoms with E-state index in [1.807, 2.05) is 51.1 Å². The minimum Gasteiger partial charge on any atom is -0.342 e. The average Bonchev–Trinajstić information content (AvgIpc) is 3.28. The molecule has 2 aliphatic rings. The molecule has 37 heavy (non-hydrogen) atoms. The van der Waals surface area contributed by atoms with E-state index in [4.69, 9.17) is 0 Å². The second kappa shape index (κ2) is 10.8. The Labute approximate surface area is 217 Å². The van der Waals surface area contributed by atoms with Crippen molar-refractivity contribution in [2.45, 2.75) is 52.5 Å². The minimum atomic E-state index is -1.04. The highest BCUT2D eigenvalue weighted by Gasteiger charge is 2.55. The van der Waals surface area contributed by atoms with E-state index in [2.05, 4.69) is 0 Å². The summed E-state index contributed by atoms with van der Waals surface area (Å²) in [5, 5.41) is 9.34. The van der Waals surface area contributed by atoms with Crippen LogP contribution in [0, 0.1) is 17.3 Å². The van der Waals surface area contributed by atoms with Gasteiger partial charge in [-0.15, -0.1) is 0 Å². The van der Waals surface area contributed by atoms with Crippen LogP contribution in [-0.2, 0) is 16.0 Å². The second-order valence-electron chi connectivity index (χ2n) is 10.8. The molecule has 0 radical (unpaired) electrons. The first-order valence-electron chi connectivity index (χ1n) is 12.9. The lowest BCUT2D eigenvalue weighted by atomic mass is 9.67. The summed E-state index contributed by atoms with van der Waals surface area (Å²) in [5.74, 6) is -1.56. The minimum absolute atomic E-state index is 0.111. The third-order valence-corrected chi connectivity index (χ3v) is 7.71. The molecule has 8 heteroatoms. The lowest BCUT2D eigenvalue weighted by Crippen LogP contribution is -2.45. The van der Waals surface area contributed by atoms with Gasteiger partial charge in [0.05, 0.1) is 16.5 Å². The van der Waals surface area contributed by atoms with Gasteiger partial charge in [-0.3, -0.25) is 29.3 Å². The number of nitrogens with zero attached hydrogens (tertiary/aromatic N) is 2. The first-order valence-corrected chi connectivity index (χ1v) is 12.9. The number of hydrogen-bond donors (Lipinski definition) is 2. The number of fused-ring (bicyclic) bond motifs is 1. The van der Waals surface area contributed by atoms with E-state index in [1.54, 1.807) is 34.6 Å². The molecule has 2 aromatic carbocycles. The van der Waals surface area contributed by atoms with Gasteiger partial charge in [-0.05, 0) is 55.7 Å². The molecular formula is C29H35N3O5. The predicted molar refractivity (Wildman–Crippen MR) is 138 cm³/mol. The maximum Gasteiger partial charge on any atom is 0.261 e. The van der Waals surface area contributed by atoms with Gasteiger partial charge in [-0.25, -0.2) is 5.48 Å². The van der Waals surface area contributed by atoms with Crippen LogP contribution >= 0.6 is 0 Å². The average molecular weight is 506 g/mol. The molecule has 2 N–H and O–H groups in total. The Hall–Kier alpha value is -3.52. The van der Waals surface area contributed by atoms with Gasteiger partial charge < -0.3 is 4.90 Å². The zero-order valence-corrected chi connectivity index (χ0v) is 21.6. The molecule has 8 nitrogen and oxygen atoms in total. The van der Waals surface area contributed by atoms with Crippen molar-refractivity contribution < 1.29 is 24.4 Å².